The summed E-state index contributed by atoms with van der Waals surface area (Å²) in [5.41, 5.74) is 0.436. The first-order valence-electron chi connectivity index (χ1n) is 7.83. The van der Waals surface area contributed by atoms with Crippen molar-refractivity contribution in [3.63, 3.8) is 0 Å². The number of aldehydes is 1. The van der Waals surface area contributed by atoms with Crippen molar-refractivity contribution >= 4 is 18.2 Å². The molecular formula is C17H21NO6. The number of hydrogen-bond acceptors (Lipinski definition) is 6. The van der Waals surface area contributed by atoms with E-state index in [2.05, 4.69) is 5.32 Å². The molecule has 7 heteroatoms. The van der Waals surface area contributed by atoms with Crippen molar-refractivity contribution in [1.29, 1.82) is 0 Å². The minimum atomic E-state index is -0.655. The molecule has 1 saturated carbocycles. The predicted octanol–water partition coefficient (Wildman–Crippen LogP) is 1.49. The highest BCUT2D eigenvalue weighted by molar-refractivity contribution is 5.81. The second-order valence-electron chi connectivity index (χ2n) is 5.53. The Bertz CT molecular complexity index is 595. The van der Waals surface area contributed by atoms with Crippen LogP contribution in [0.15, 0.2) is 18.2 Å². The Morgan fingerprint density at radius 2 is 1.96 bits per heavy atom. The number of nitrogens with one attached hydrogen (secondary N) is 1. The molecule has 0 bridgehead atoms. The molecule has 1 aliphatic rings. The summed E-state index contributed by atoms with van der Waals surface area (Å²) in [7, 11) is 1.43. The van der Waals surface area contributed by atoms with Crippen LogP contribution in [0, 0.1) is 0 Å². The highest BCUT2D eigenvalue weighted by atomic mass is 16.6. The zero-order chi connectivity index (χ0) is 17.4. The largest absolute Gasteiger partial charge is 0.493 e. The van der Waals surface area contributed by atoms with Gasteiger partial charge in [-0.2, -0.15) is 0 Å². The topological polar surface area (TPSA) is 90.9 Å². The average Bonchev–Trinajstić information content (AvgIpc) is 3.10. The Morgan fingerprint density at radius 1 is 1.21 bits per heavy atom. The van der Waals surface area contributed by atoms with Crippen LogP contribution in [0.4, 0.5) is 0 Å². The summed E-state index contributed by atoms with van der Waals surface area (Å²) >= 11 is 0. The van der Waals surface area contributed by atoms with Gasteiger partial charge in [0.1, 0.15) is 6.29 Å². The monoisotopic (exact) mass is 335 g/mol. The summed E-state index contributed by atoms with van der Waals surface area (Å²) in [4.78, 5) is 34.0. The van der Waals surface area contributed by atoms with Crippen LogP contribution in [-0.2, 0) is 14.3 Å². The molecule has 130 valence electrons. The molecule has 1 fully saturated rings. The molecule has 0 spiro atoms. The minimum absolute atomic E-state index is 0.188. The number of methoxy groups -OCH3 is 1. The van der Waals surface area contributed by atoms with Gasteiger partial charge < -0.3 is 19.5 Å². The van der Waals surface area contributed by atoms with Crippen molar-refractivity contribution < 1.29 is 28.6 Å². The molecule has 1 N–H and O–H groups in total. The van der Waals surface area contributed by atoms with Crippen molar-refractivity contribution in [2.24, 2.45) is 0 Å². The molecule has 0 atom stereocenters. The molecule has 0 aliphatic heterocycles. The van der Waals surface area contributed by atoms with Gasteiger partial charge in [0.05, 0.1) is 7.11 Å². The van der Waals surface area contributed by atoms with Crippen LogP contribution >= 0.6 is 0 Å². The predicted molar refractivity (Wildman–Crippen MR) is 85.2 cm³/mol. The number of amides is 1. The van der Waals surface area contributed by atoms with E-state index in [9.17, 15) is 14.4 Å². The number of ether oxygens (including phenoxy) is 3. The van der Waals surface area contributed by atoms with Crippen LogP contribution in [0.2, 0.25) is 0 Å². The molecular weight excluding hydrogens is 314 g/mol. The molecule has 0 radical (unpaired) electrons. The number of carbonyl (C=O) groups excluding carboxylic acids is 3. The zero-order valence-corrected chi connectivity index (χ0v) is 13.6. The first kappa shape index (κ1) is 17.8. The third-order valence-corrected chi connectivity index (χ3v) is 3.75. The van der Waals surface area contributed by atoms with E-state index in [1.54, 1.807) is 6.07 Å². The quantitative estimate of drug-likeness (QED) is 0.572. The molecule has 0 unspecified atom stereocenters. The lowest BCUT2D eigenvalue weighted by atomic mass is 10.2. The lowest BCUT2D eigenvalue weighted by Gasteiger charge is -2.13. The first-order chi connectivity index (χ1) is 11.6. The van der Waals surface area contributed by atoms with Crippen molar-refractivity contribution in [1.82, 2.24) is 5.32 Å². The Morgan fingerprint density at radius 3 is 2.62 bits per heavy atom. The summed E-state index contributed by atoms with van der Waals surface area (Å²) in [5.74, 6) is -0.303. The standard InChI is InChI=1S/C17H21NO6/c1-22-15-8-12(9-19)6-7-14(15)23-11-17(21)24-10-16(20)18-13-4-2-3-5-13/h6-9,13H,2-5,10-11H2,1H3,(H,18,20). The molecule has 1 aliphatic carbocycles. The van der Waals surface area contributed by atoms with Crippen LogP contribution in [0.5, 0.6) is 11.5 Å². The van der Waals surface area contributed by atoms with Crippen molar-refractivity contribution in [3.8, 4) is 11.5 Å². The third kappa shape index (κ3) is 5.26. The van der Waals surface area contributed by atoms with Gasteiger partial charge in [0.2, 0.25) is 0 Å². The molecule has 2 rings (SSSR count). The fourth-order valence-electron chi connectivity index (χ4n) is 2.54. The van der Waals surface area contributed by atoms with Crippen LogP contribution in [0.1, 0.15) is 36.0 Å². The molecule has 7 nitrogen and oxygen atoms in total. The van der Waals surface area contributed by atoms with Crippen LogP contribution in [0.3, 0.4) is 0 Å². The lowest BCUT2D eigenvalue weighted by molar-refractivity contribution is -0.150. The number of hydrogen-bond donors (Lipinski definition) is 1. The normalized spacial score (nSPS) is 14.0. The van der Waals surface area contributed by atoms with Gasteiger partial charge in [0.25, 0.3) is 5.91 Å². The number of esters is 1. The summed E-state index contributed by atoms with van der Waals surface area (Å²) in [6.07, 6.45) is 4.86. The van der Waals surface area contributed by atoms with E-state index < -0.39 is 5.97 Å². The van der Waals surface area contributed by atoms with Crippen LogP contribution in [-0.4, -0.2) is 44.5 Å². The zero-order valence-electron chi connectivity index (χ0n) is 13.6. The maximum atomic E-state index is 11.7. The molecule has 1 amide bonds. The van der Waals surface area contributed by atoms with E-state index in [0.717, 1.165) is 25.7 Å². The molecule has 0 heterocycles. The molecule has 1 aromatic carbocycles. The maximum absolute atomic E-state index is 11.7. The maximum Gasteiger partial charge on any atom is 0.344 e. The van der Waals surface area contributed by atoms with Gasteiger partial charge >= 0.3 is 5.97 Å². The number of benzene rings is 1. The summed E-state index contributed by atoms with van der Waals surface area (Å²) in [6.45, 7) is -0.673. The third-order valence-electron chi connectivity index (χ3n) is 3.75. The molecule has 0 aromatic heterocycles. The van der Waals surface area contributed by atoms with Gasteiger partial charge in [0, 0.05) is 11.6 Å². The van der Waals surface area contributed by atoms with Gasteiger partial charge in [0.15, 0.2) is 24.7 Å². The molecule has 0 saturated heterocycles. The van der Waals surface area contributed by atoms with Crippen LogP contribution < -0.4 is 14.8 Å². The lowest BCUT2D eigenvalue weighted by Crippen LogP contribution is -2.36. The fourth-order valence-corrected chi connectivity index (χ4v) is 2.54. The first-order valence-corrected chi connectivity index (χ1v) is 7.83. The summed E-state index contributed by atoms with van der Waals surface area (Å²) < 4.78 is 15.3. The smallest absolute Gasteiger partial charge is 0.344 e. The van der Waals surface area contributed by atoms with Crippen molar-refractivity contribution in [2.75, 3.05) is 20.3 Å². The number of rotatable bonds is 8. The Labute approximate surface area is 140 Å². The minimum Gasteiger partial charge on any atom is -0.493 e. The van der Waals surface area contributed by atoms with Gasteiger partial charge in [-0.25, -0.2) is 4.79 Å². The summed E-state index contributed by atoms with van der Waals surface area (Å²) in [5, 5.41) is 2.83. The van der Waals surface area contributed by atoms with E-state index in [1.165, 1.54) is 19.2 Å². The Hall–Kier alpha value is -2.57. The van der Waals surface area contributed by atoms with Gasteiger partial charge in [-0.1, -0.05) is 12.8 Å². The second-order valence-corrected chi connectivity index (χ2v) is 5.53. The van der Waals surface area contributed by atoms with E-state index in [4.69, 9.17) is 14.2 Å². The van der Waals surface area contributed by atoms with Crippen LogP contribution in [0.25, 0.3) is 0 Å². The van der Waals surface area contributed by atoms with E-state index in [0.29, 0.717) is 23.3 Å². The Balaban J connectivity index is 1.74. The van der Waals surface area contributed by atoms with Gasteiger partial charge in [-0.3, -0.25) is 9.59 Å². The number of carbonyl (C=O) groups is 3. The van der Waals surface area contributed by atoms with E-state index >= 15 is 0 Å². The Kier molecular flexibility index (Phi) is 6.60. The van der Waals surface area contributed by atoms with E-state index in [-0.39, 0.29) is 25.2 Å². The molecule has 24 heavy (non-hydrogen) atoms. The van der Waals surface area contributed by atoms with Crippen molar-refractivity contribution in [2.45, 2.75) is 31.7 Å². The summed E-state index contributed by atoms with van der Waals surface area (Å²) in [6, 6.07) is 4.77. The SMILES string of the molecule is COc1cc(C=O)ccc1OCC(=O)OCC(=O)NC1CCCC1. The highest BCUT2D eigenvalue weighted by Gasteiger charge is 2.18. The fraction of sp³-hybridized carbons (Fsp3) is 0.471. The average molecular weight is 335 g/mol. The second kappa shape index (κ2) is 8.90. The van der Waals surface area contributed by atoms with E-state index in [1.807, 2.05) is 0 Å². The molecule has 1 aromatic rings. The van der Waals surface area contributed by atoms with Gasteiger partial charge in [-0.15, -0.1) is 0 Å². The highest BCUT2D eigenvalue weighted by Crippen LogP contribution is 2.27. The van der Waals surface area contributed by atoms with Crippen molar-refractivity contribution in [3.05, 3.63) is 23.8 Å². The van der Waals surface area contributed by atoms with Gasteiger partial charge in [-0.05, 0) is 31.0 Å².